The lowest BCUT2D eigenvalue weighted by Gasteiger charge is -2.20. The zero-order valence-electron chi connectivity index (χ0n) is 11.5. The van der Waals surface area contributed by atoms with Gasteiger partial charge in [0.25, 0.3) is 0 Å². The minimum absolute atomic E-state index is 0.670. The predicted octanol–water partition coefficient (Wildman–Crippen LogP) is 3.23. The number of allylic oxidation sites excluding steroid dienone is 1. The van der Waals surface area contributed by atoms with E-state index < -0.39 is 0 Å². The third-order valence-electron chi connectivity index (χ3n) is 3.06. The van der Waals surface area contributed by atoms with Crippen LogP contribution in [0.1, 0.15) is 5.56 Å². The highest BCUT2D eigenvalue weighted by Crippen LogP contribution is 2.38. The summed E-state index contributed by atoms with van der Waals surface area (Å²) in [5.41, 5.74) is 8.31. The van der Waals surface area contributed by atoms with Gasteiger partial charge in [0.2, 0.25) is 0 Å². The maximum atomic E-state index is 6.01. The van der Waals surface area contributed by atoms with E-state index in [9.17, 15) is 0 Å². The zero-order chi connectivity index (χ0) is 14.7. The van der Waals surface area contributed by atoms with Crippen LogP contribution in [0.3, 0.4) is 0 Å². The third kappa shape index (κ3) is 3.33. The van der Waals surface area contributed by atoms with Crippen molar-refractivity contribution in [3.8, 4) is 0 Å². The van der Waals surface area contributed by atoms with E-state index in [4.69, 9.17) is 5.73 Å². The van der Waals surface area contributed by atoms with Crippen molar-refractivity contribution in [2.24, 2.45) is 15.7 Å². The Balaban J connectivity index is 1.81. The van der Waals surface area contributed by atoms with Gasteiger partial charge in [0.05, 0.1) is 10.7 Å². The summed E-state index contributed by atoms with van der Waals surface area (Å²) in [5, 5.41) is 5.18. The summed E-state index contributed by atoms with van der Waals surface area (Å²) in [7, 11) is 0. The van der Waals surface area contributed by atoms with Crippen molar-refractivity contribution < 1.29 is 0 Å². The van der Waals surface area contributed by atoms with Gasteiger partial charge in [0.15, 0.2) is 5.82 Å². The standard InChI is InChI=1S/C15H16N4S2/c1-2-5-18-15-14(16)21-12-4-3-10(8-11(12)19-15)9-13-17-6-7-20-13/h2-5,8,19H,1,6-7,9,16H2/b18-5-. The highest BCUT2D eigenvalue weighted by atomic mass is 32.2. The Morgan fingerprint density at radius 2 is 2.38 bits per heavy atom. The van der Waals surface area contributed by atoms with E-state index in [1.54, 1.807) is 12.3 Å². The lowest BCUT2D eigenvalue weighted by atomic mass is 10.1. The molecule has 0 bridgehead atoms. The van der Waals surface area contributed by atoms with Crippen molar-refractivity contribution in [1.82, 2.24) is 0 Å². The molecule has 3 N–H and O–H groups in total. The molecule has 4 nitrogen and oxygen atoms in total. The van der Waals surface area contributed by atoms with Crippen molar-refractivity contribution in [3.63, 3.8) is 0 Å². The van der Waals surface area contributed by atoms with Crippen LogP contribution < -0.4 is 11.1 Å². The van der Waals surface area contributed by atoms with Crippen LogP contribution in [0.25, 0.3) is 0 Å². The Labute approximate surface area is 132 Å². The molecule has 0 fully saturated rings. The summed E-state index contributed by atoms with van der Waals surface area (Å²) in [6, 6.07) is 6.39. The number of hydrogen-bond donors (Lipinski definition) is 2. The molecule has 0 unspecified atom stereocenters. The first-order valence-corrected chi connectivity index (χ1v) is 8.45. The smallest absolute Gasteiger partial charge is 0.160 e. The molecule has 0 saturated carbocycles. The molecule has 6 heteroatoms. The minimum atomic E-state index is 0.670. The van der Waals surface area contributed by atoms with E-state index in [2.05, 4.69) is 40.1 Å². The van der Waals surface area contributed by atoms with E-state index >= 15 is 0 Å². The molecule has 2 aliphatic rings. The molecule has 0 atom stereocenters. The molecule has 21 heavy (non-hydrogen) atoms. The summed E-state index contributed by atoms with van der Waals surface area (Å²) in [5.74, 6) is 1.78. The Morgan fingerprint density at radius 3 is 3.14 bits per heavy atom. The number of nitrogens with two attached hydrogens (primary N) is 1. The fraction of sp³-hybridized carbons (Fsp3) is 0.200. The number of hydrogen-bond acceptors (Lipinski definition) is 6. The van der Waals surface area contributed by atoms with Gasteiger partial charge in [-0.1, -0.05) is 30.5 Å². The number of nitrogens with one attached hydrogen (secondary N) is 1. The van der Waals surface area contributed by atoms with Crippen LogP contribution in [-0.4, -0.2) is 23.6 Å². The van der Waals surface area contributed by atoms with Gasteiger partial charge in [-0.05, 0) is 17.7 Å². The van der Waals surface area contributed by atoms with E-state index in [0.29, 0.717) is 10.9 Å². The van der Waals surface area contributed by atoms with Crippen LogP contribution in [0.4, 0.5) is 5.69 Å². The predicted molar refractivity (Wildman–Crippen MR) is 94.3 cm³/mol. The zero-order valence-corrected chi connectivity index (χ0v) is 13.1. The lowest BCUT2D eigenvalue weighted by molar-refractivity contribution is 1.16. The molecule has 108 valence electrons. The van der Waals surface area contributed by atoms with Gasteiger partial charge < -0.3 is 11.1 Å². The Hall–Kier alpha value is -1.66. The number of aliphatic imine (C=N–C) groups is 2. The fourth-order valence-corrected chi connectivity index (χ4v) is 3.78. The van der Waals surface area contributed by atoms with Gasteiger partial charge in [-0.25, -0.2) is 4.99 Å². The van der Waals surface area contributed by atoms with Crippen LogP contribution >= 0.6 is 23.5 Å². The van der Waals surface area contributed by atoms with E-state index in [-0.39, 0.29) is 0 Å². The number of benzene rings is 1. The number of anilines is 1. The second-order valence-corrected chi connectivity index (χ2v) is 6.84. The molecule has 2 heterocycles. The van der Waals surface area contributed by atoms with Gasteiger partial charge in [0, 0.05) is 29.8 Å². The van der Waals surface area contributed by atoms with Crippen molar-refractivity contribution in [2.45, 2.75) is 11.3 Å². The molecule has 1 aromatic carbocycles. The summed E-state index contributed by atoms with van der Waals surface area (Å²) in [6.07, 6.45) is 4.16. The van der Waals surface area contributed by atoms with Crippen LogP contribution in [0, 0.1) is 0 Å². The molecular formula is C15H16N4S2. The van der Waals surface area contributed by atoms with Crippen LogP contribution in [0.5, 0.6) is 0 Å². The summed E-state index contributed by atoms with van der Waals surface area (Å²) < 4.78 is 0. The van der Waals surface area contributed by atoms with Crippen molar-refractivity contribution in [3.05, 3.63) is 47.3 Å². The molecule has 0 aliphatic carbocycles. The number of rotatable bonds is 4. The van der Waals surface area contributed by atoms with E-state index in [0.717, 1.165) is 29.3 Å². The molecule has 0 radical (unpaired) electrons. The van der Waals surface area contributed by atoms with E-state index in [1.807, 2.05) is 11.8 Å². The van der Waals surface area contributed by atoms with Gasteiger partial charge in [-0.2, -0.15) is 0 Å². The summed E-state index contributed by atoms with van der Waals surface area (Å²) in [4.78, 5) is 9.89. The second kappa shape index (κ2) is 6.41. The SMILES string of the molecule is C=C/C=N\C1=C(N)Sc2ccc(CC3=NCCS3)cc2N1. The highest BCUT2D eigenvalue weighted by molar-refractivity contribution is 8.14. The molecule has 0 spiro atoms. The Morgan fingerprint density at radius 1 is 1.48 bits per heavy atom. The van der Waals surface area contributed by atoms with Crippen LogP contribution in [0.2, 0.25) is 0 Å². The molecule has 0 saturated heterocycles. The molecular weight excluding hydrogens is 300 g/mol. The molecule has 2 aliphatic heterocycles. The average Bonchev–Trinajstić information content (AvgIpc) is 2.98. The number of nitrogens with zero attached hydrogens (tertiary/aromatic N) is 2. The highest BCUT2D eigenvalue weighted by Gasteiger charge is 2.17. The first-order chi connectivity index (χ1) is 10.3. The summed E-state index contributed by atoms with van der Waals surface area (Å²) in [6.45, 7) is 4.57. The van der Waals surface area contributed by atoms with Gasteiger partial charge >= 0.3 is 0 Å². The van der Waals surface area contributed by atoms with Gasteiger partial charge in [-0.15, -0.1) is 11.8 Å². The van der Waals surface area contributed by atoms with Crippen LogP contribution in [-0.2, 0) is 6.42 Å². The fourth-order valence-electron chi connectivity index (χ4n) is 2.11. The molecule has 1 aromatic rings. The minimum Gasteiger partial charge on any atom is -0.390 e. The second-order valence-electron chi connectivity index (χ2n) is 4.59. The van der Waals surface area contributed by atoms with Crippen LogP contribution in [0.15, 0.2) is 56.6 Å². The van der Waals surface area contributed by atoms with Crippen molar-refractivity contribution in [1.29, 1.82) is 0 Å². The first-order valence-electron chi connectivity index (χ1n) is 6.65. The van der Waals surface area contributed by atoms with Gasteiger partial charge in [-0.3, -0.25) is 4.99 Å². The van der Waals surface area contributed by atoms with E-state index in [1.165, 1.54) is 22.4 Å². The Kier molecular flexibility index (Phi) is 4.36. The monoisotopic (exact) mass is 316 g/mol. The molecule has 3 rings (SSSR count). The maximum Gasteiger partial charge on any atom is 0.160 e. The quantitative estimate of drug-likeness (QED) is 0.837. The average molecular weight is 316 g/mol. The first kappa shape index (κ1) is 14.3. The molecule has 0 amide bonds. The summed E-state index contributed by atoms with van der Waals surface area (Å²) >= 11 is 3.38. The van der Waals surface area contributed by atoms with Crippen molar-refractivity contribution in [2.75, 3.05) is 17.6 Å². The topological polar surface area (TPSA) is 62.8 Å². The molecule has 0 aromatic heterocycles. The number of fused-ring (bicyclic) bond motifs is 1. The maximum absolute atomic E-state index is 6.01. The Bertz CT molecular complexity index is 662. The lowest BCUT2D eigenvalue weighted by Crippen LogP contribution is -2.11. The third-order valence-corrected chi connectivity index (χ3v) is 5.05. The number of thioether (sulfide) groups is 2. The normalized spacial score (nSPS) is 17.6. The van der Waals surface area contributed by atoms with Crippen molar-refractivity contribution >= 4 is 40.5 Å². The largest absolute Gasteiger partial charge is 0.390 e. The van der Waals surface area contributed by atoms with Gasteiger partial charge in [0.1, 0.15) is 5.03 Å².